The van der Waals surface area contributed by atoms with Gasteiger partial charge in [-0.1, -0.05) is 18.2 Å². The third-order valence-corrected chi connectivity index (χ3v) is 6.56. The molecular weight excluding hydrogens is 396 g/mol. The van der Waals surface area contributed by atoms with E-state index in [9.17, 15) is 9.18 Å². The fourth-order valence-electron chi connectivity index (χ4n) is 4.11. The maximum atomic E-state index is 13.7. The Morgan fingerprint density at radius 2 is 1.87 bits per heavy atom. The molecule has 0 saturated carbocycles. The molecule has 0 radical (unpaired) electrons. The molecule has 1 amide bonds. The molecular formula is C24H29BFNO4. The molecule has 5 nitrogen and oxygen atoms in total. The van der Waals surface area contributed by atoms with Gasteiger partial charge in [-0.2, -0.15) is 0 Å². The van der Waals surface area contributed by atoms with E-state index in [1.165, 1.54) is 23.8 Å². The second-order valence-electron chi connectivity index (χ2n) is 9.18. The molecule has 2 aromatic rings. The molecule has 1 saturated heterocycles. The molecule has 164 valence electrons. The molecule has 1 fully saturated rings. The van der Waals surface area contributed by atoms with Crippen molar-refractivity contribution in [2.45, 2.75) is 64.7 Å². The van der Waals surface area contributed by atoms with Gasteiger partial charge < -0.3 is 19.4 Å². The van der Waals surface area contributed by atoms with Crippen molar-refractivity contribution in [3.8, 4) is 5.75 Å². The van der Waals surface area contributed by atoms with Crippen LogP contribution in [0, 0.1) is 5.82 Å². The molecule has 0 aromatic heterocycles. The maximum Gasteiger partial charge on any atom is 0.494 e. The van der Waals surface area contributed by atoms with Crippen LogP contribution in [-0.4, -0.2) is 30.8 Å². The Morgan fingerprint density at radius 1 is 1.16 bits per heavy atom. The number of ether oxygens (including phenoxy) is 1. The zero-order valence-electron chi connectivity index (χ0n) is 18.8. The average Bonchev–Trinajstić information content (AvgIpc) is 3.20. The summed E-state index contributed by atoms with van der Waals surface area (Å²) in [4.78, 5) is 12.9. The first-order chi connectivity index (χ1) is 14.6. The van der Waals surface area contributed by atoms with Crippen molar-refractivity contribution in [1.29, 1.82) is 0 Å². The summed E-state index contributed by atoms with van der Waals surface area (Å²) in [5.74, 6) is -0.418. The van der Waals surface area contributed by atoms with E-state index < -0.39 is 24.1 Å². The van der Waals surface area contributed by atoms with Gasteiger partial charge >= 0.3 is 7.12 Å². The van der Waals surface area contributed by atoms with Crippen molar-refractivity contribution in [2.75, 3.05) is 6.61 Å². The Labute approximate surface area is 183 Å². The number of benzene rings is 2. The van der Waals surface area contributed by atoms with Crippen LogP contribution in [0.2, 0.25) is 0 Å². The number of fused-ring (bicyclic) bond motifs is 1. The molecule has 1 atom stereocenters. The Hall–Kier alpha value is -2.38. The number of nitrogens with one attached hydrogen (secondary N) is 1. The van der Waals surface area contributed by atoms with Crippen molar-refractivity contribution in [1.82, 2.24) is 5.32 Å². The van der Waals surface area contributed by atoms with Gasteiger partial charge in [-0.05, 0) is 82.2 Å². The van der Waals surface area contributed by atoms with Crippen molar-refractivity contribution < 1.29 is 23.2 Å². The quantitative estimate of drug-likeness (QED) is 0.738. The molecule has 1 aliphatic heterocycles. The van der Waals surface area contributed by atoms with Crippen LogP contribution >= 0.6 is 0 Å². The molecule has 4 rings (SSSR count). The smallest absolute Gasteiger partial charge is 0.493 e. The second-order valence-corrected chi connectivity index (χ2v) is 9.18. The number of hydrogen-bond acceptors (Lipinski definition) is 4. The normalized spacial score (nSPS) is 21.1. The van der Waals surface area contributed by atoms with Gasteiger partial charge in [0, 0.05) is 0 Å². The van der Waals surface area contributed by atoms with Gasteiger partial charge in [0.15, 0.2) is 0 Å². The van der Waals surface area contributed by atoms with E-state index in [0.717, 1.165) is 23.9 Å². The van der Waals surface area contributed by atoms with E-state index in [1.54, 1.807) is 0 Å². The largest absolute Gasteiger partial charge is 0.494 e. The molecule has 1 unspecified atom stereocenters. The van der Waals surface area contributed by atoms with Crippen molar-refractivity contribution in [3.63, 3.8) is 0 Å². The lowest BCUT2D eigenvalue weighted by atomic mass is 9.78. The lowest BCUT2D eigenvalue weighted by Crippen LogP contribution is -2.41. The Morgan fingerprint density at radius 3 is 2.55 bits per heavy atom. The predicted octanol–water partition coefficient (Wildman–Crippen LogP) is 3.94. The zero-order chi connectivity index (χ0) is 22.4. The Bertz CT molecular complexity index is 991. The van der Waals surface area contributed by atoms with E-state index in [4.69, 9.17) is 14.0 Å². The van der Waals surface area contributed by atoms with Gasteiger partial charge in [0.25, 0.3) is 5.91 Å². The average molecular weight is 425 g/mol. The zero-order valence-corrected chi connectivity index (χ0v) is 18.8. The molecule has 2 aromatic carbocycles. The van der Waals surface area contributed by atoms with Crippen LogP contribution in [0.4, 0.5) is 4.39 Å². The van der Waals surface area contributed by atoms with E-state index in [0.29, 0.717) is 12.4 Å². The topological polar surface area (TPSA) is 56.8 Å². The highest BCUT2D eigenvalue weighted by Crippen LogP contribution is 2.37. The molecule has 7 heteroatoms. The summed E-state index contributed by atoms with van der Waals surface area (Å²) >= 11 is 0. The predicted molar refractivity (Wildman–Crippen MR) is 118 cm³/mol. The minimum Gasteiger partial charge on any atom is -0.493 e. The summed E-state index contributed by atoms with van der Waals surface area (Å²) in [6, 6.07) is 10.0. The third kappa shape index (κ3) is 4.09. The van der Waals surface area contributed by atoms with Crippen molar-refractivity contribution >= 4 is 18.5 Å². The molecule has 1 N–H and O–H groups in total. The first-order valence-electron chi connectivity index (χ1n) is 10.8. The van der Waals surface area contributed by atoms with Crippen LogP contribution in [0.5, 0.6) is 5.75 Å². The van der Waals surface area contributed by atoms with Crippen LogP contribution in [0.1, 0.15) is 68.6 Å². The first-order valence-corrected chi connectivity index (χ1v) is 10.8. The van der Waals surface area contributed by atoms with E-state index in [1.807, 2.05) is 46.8 Å². The second kappa shape index (κ2) is 7.95. The summed E-state index contributed by atoms with van der Waals surface area (Å²) in [5.41, 5.74) is 2.65. The number of aryl methyl sites for hydroxylation is 1. The SMILES string of the molecule is CCOc1ccc(F)cc1C(=O)NC1CCc2cc(B3OC(C)(C)C(C)(C)O3)ccc21. The van der Waals surface area contributed by atoms with Crippen LogP contribution in [0.25, 0.3) is 0 Å². The van der Waals surface area contributed by atoms with Gasteiger partial charge in [-0.25, -0.2) is 4.39 Å². The minimum absolute atomic E-state index is 0.132. The fourth-order valence-corrected chi connectivity index (χ4v) is 4.11. The summed E-state index contributed by atoms with van der Waals surface area (Å²) < 4.78 is 31.6. The van der Waals surface area contributed by atoms with Gasteiger partial charge in [-0.15, -0.1) is 0 Å². The molecule has 0 spiro atoms. The number of amides is 1. The molecule has 0 bridgehead atoms. The van der Waals surface area contributed by atoms with Gasteiger partial charge in [-0.3, -0.25) is 4.79 Å². The highest BCUT2D eigenvalue weighted by atomic mass is 19.1. The van der Waals surface area contributed by atoms with Crippen LogP contribution < -0.4 is 15.5 Å². The third-order valence-electron chi connectivity index (χ3n) is 6.56. The lowest BCUT2D eigenvalue weighted by Gasteiger charge is -2.32. The van der Waals surface area contributed by atoms with E-state index in [2.05, 4.69) is 11.4 Å². The summed E-state index contributed by atoms with van der Waals surface area (Å²) in [6.45, 7) is 10.4. The minimum atomic E-state index is -0.465. The van der Waals surface area contributed by atoms with Gasteiger partial charge in [0.1, 0.15) is 11.6 Å². The number of carbonyl (C=O) groups is 1. The van der Waals surface area contributed by atoms with Crippen LogP contribution in [0.15, 0.2) is 36.4 Å². The monoisotopic (exact) mass is 425 g/mol. The van der Waals surface area contributed by atoms with Crippen molar-refractivity contribution in [3.05, 3.63) is 58.9 Å². The number of rotatable bonds is 5. The number of hydrogen-bond donors (Lipinski definition) is 1. The van der Waals surface area contributed by atoms with Gasteiger partial charge in [0.2, 0.25) is 0 Å². The highest BCUT2D eigenvalue weighted by molar-refractivity contribution is 6.62. The van der Waals surface area contributed by atoms with Crippen molar-refractivity contribution in [2.24, 2.45) is 0 Å². The lowest BCUT2D eigenvalue weighted by molar-refractivity contribution is 0.00578. The van der Waals surface area contributed by atoms with Crippen LogP contribution in [0.3, 0.4) is 0 Å². The Balaban J connectivity index is 1.52. The standard InChI is InChI=1S/C24H29BFNO4/c1-6-29-21-12-9-17(26)14-19(21)22(28)27-20-11-7-15-13-16(8-10-18(15)20)25-30-23(2,3)24(4,5)31-25/h8-10,12-14,20H,6-7,11H2,1-5H3,(H,27,28). The summed E-state index contributed by atoms with van der Waals surface area (Å²) in [5, 5.41) is 3.04. The number of halogens is 1. The molecule has 1 aliphatic carbocycles. The maximum absolute atomic E-state index is 13.7. The summed E-state index contributed by atoms with van der Waals surface area (Å²) in [6.07, 6.45) is 1.63. The summed E-state index contributed by atoms with van der Waals surface area (Å²) in [7, 11) is -0.412. The Kier molecular flexibility index (Phi) is 5.60. The fraction of sp³-hybridized carbons (Fsp3) is 0.458. The molecule has 2 aliphatic rings. The van der Waals surface area contributed by atoms with Gasteiger partial charge in [0.05, 0.1) is 29.4 Å². The number of carbonyl (C=O) groups excluding carboxylic acids is 1. The molecule has 31 heavy (non-hydrogen) atoms. The molecule has 1 heterocycles. The highest BCUT2D eigenvalue weighted by Gasteiger charge is 2.51. The van der Waals surface area contributed by atoms with E-state index in [-0.39, 0.29) is 17.5 Å². The van der Waals surface area contributed by atoms with Crippen LogP contribution in [-0.2, 0) is 15.7 Å². The first kappa shape index (κ1) is 21.8. The van der Waals surface area contributed by atoms with E-state index >= 15 is 0 Å².